The molecule has 0 bridgehead atoms. The van der Waals surface area contributed by atoms with Crippen molar-refractivity contribution in [3.05, 3.63) is 29.5 Å². The molecule has 1 amide bonds. The molecule has 1 saturated heterocycles. The molecule has 4 rings (SSSR count). The molecule has 2 aliphatic rings. The topological polar surface area (TPSA) is 79.6 Å². The molecule has 1 aliphatic heterocycles. The van der Waals surface area contributed by atoms with E-state index in [0.29, 0.717) is 41.5 Å². The van der Waals surface area contributed by atoms with E-state index >= 15 is 0 Å². The molecule has 2 heterocycles. The number of nitrogens with zero attached hydrogens (tertiary/aromatic N) is 1. The zero-order chi connectivity index (χ0) is 21.5. The smallest absolute Gasteiger partial charge is 0.287 e. The van der Waals surface area contributed by atoms with Crippen LogP contribution in [0.4, 0.5) is 0 Å². The van der Waals surface area contributed by atoms with Crippen molar-refractivity contribution in [3.63, 3.8) is 0 Å². The zero-order valence-electron chi connectivity index (χ0n) is 18.1. The van der Waals surface area contributed by atoms with E-state index < -0.39 is 10.0 Å². The highest BCUT2D eigenvalue weighted by Crippen LogP contribution is 2.32. The molecule has 2 fully saturated rings. The van der Waals surface area contributed by atoms with Crippen LogP contribution in [0.15, 0.2) is 27.5 Å². The third-order valence-corrected chi connectivity index (χ3v) is 8.98. The molecule has 2 aromatic rings. The second-order valence-corrected chi connectivity index (χ2v) is 11.0. The second kappa shape index (κ2) is 8.35. The Hall–Kier alpha value is -1.86. The minimum atomic E-state index is -3.53. The molecule has 0 unspecified atom stereocenters. The molecule has 0 spiro atoms. The van der Waals surface area contributed by atoms with Crippen LogP contribution in [-0.2, 0) is 10.0 Å². The van der Waals surface area contributed by atoms with Crippen LogP contribution in [0, 0.1) is 18.8 Å². The van der Waals surface area contributed by atoms with Gasteiger partial charge in [-0.15, -0.1) is 0 Å². The number of piperidine rings is 1. The van der Waals surface area contributed by atoms with Crippen molar-refractivity contribution in [2.45, 2.75) is 70.2 Å². The van der Waals surface area contributed by atoms with E-state index in [2.05, 4.69) is 19.2 Å². The van der Waals surface area contributed by atoms with E-state index in [9.17, 15) is 13.2 Å². The number of rotatable bonds is 4. The Labute approximate surface area is 179 Å². The molecule has 3 atom stereocenters. The zero-order valence-corrected chi connectivity index (χ0v) is 18.9. The van der Waals surface area contributed by atoms with Crippen LogP contribution >= 0.6 is 0 Å². The van der Waals surface area contributed by atoms with Crippen molar-refractivity contribution in [2.24, 2.45) is 11.8 Å². The quantitative estimate of drug-likeness (QED) is 0.773. The van der Waals surface area contributed by atoms with E-state index in [1.165, 1.54) is 6.42 Å². The van der Waals surface area contributed by atoms with Gasteiger partial charge in [0.25, 0.3) is 5.91 Å². The lowest BCUT2D eigenvalue weighted by Crippen LogP contribution is -2.43. The van der Waals surface area contributed by atoms with Crippen LogP contribution in [0.1, 0.15) is 68.5 Å². The number of aryl methyl sites for hydroxylation is 1. The Bertz CT molecular complexity index is 1040. The third-order valence-electron chi connectivity index (χ3n) is 7.09. The van der Waals surface area contributed by atoms with Crippen LogP contribution < -0.4 is 5.32 Å². The third kappa shape index (κ3) is 3.89. The Balaban J connectivity index is 1.60. The summed E-state index contributed by atoms with van der Waals surface area (Å²) in [6.07, 6.45) is 6.17. The molecular formula is C23H32N2O4S. The fourth-order valence-electron chi connectivity index (χ4n) is 4.85. The molecule has 1 aromatic heterocycles. The average molecular weight is 433 g/mol. The molecule has 1 N–H and O–H groups in total. The molecule has 30 heavy (non-hydrogen) atoms. The number of hydrogen-bond donors (Lipinski definition) is 1. The highest BCUT2D eigenvalue weighted by Gasteiger charge is 2.31. The van der Waals surface area contributed by atoms with Gasteiger partial charge in [0.05, 0.1) is 4.90 Å². The van der Waals surface area contributed by atoms with E-state index in [0.717, 1.165) is 32.1 Å². The van der Waals surface area contributed by atoms with Crippen LogP contribution in [0.5, 0.6) is 0 Å². The fraction of sp³-hybridized carbons (Fsp3) is 0.609. The molecule has 1 aliphatic carbocycles. The minimum absolute atomic E-state index is 0.143. The van der Waals surface area contributed by atoms with E-state index in [4.69, 9.17) is 4.42 Å². The maximum absolute atomic E-state index is 13.0. The average Bonchev–Trinajstić information content (AvgIpc) is 3.08. The van der Waals surface area contributed by atoms with Gasteiger partial charge in [0.2, 0.25) is 10.0 Å². The summed E-state index contributed by atoms with van der Waals surface area (Å²) in [4.78, 5) is 13.2. The minimum Gasteiger partial charge on any atom is -0.451 e. The van der Waals surface area contributed by atoms with Gasteiger partial charge in [-0.05, 0) is 56.2 Å². The lowest BCUT2D eigenvalue weighted by Gasteiger charge is -2.34. The van der Waals surface area contributed by atoms with Crippen molar-refractivity contribution in [1.29, 1.82) is 0 Å². The largest absolute Gasteiger partial charge is 0.451 e. The summed E-state index contributed by atoms with van der Waals surface area (Å²) in [5.41, 5.74) is 1.23. The Morgan fingerprint density at radius 3 is 2.57 bits per heavy atom. The number of fused-ring (bicyclic) bond motifs is 1. The van der Waals surface area contributed by atoms with Gasteiger partial charge < -0.3 is 9.73 Å². The fourth-order valence-corrected chi connectivity index (χ4v) is 6.39. The summed E-state index contributed by atoms with van der Waals surface area (Å²) in [7, 11) is -3.53. The Morgan fingerprint density at radius 1 is 1.10 bits per heavy atom. The number of carbonyl (C=O) groups excluding carboxylic acids is 1. The monoisotopic (exact) mass is 432 g/mol. The summed E-state index contributed by atoms with van der Waals surface area (Å²) in [6.45, 7) is 7.38. The van der Waals surface area contributed by atoms with Gasteiger partial charge in [0, 0.05) is 30.1 Å². The number of hydrogen-bond acceptors (Lipinski definition) is 4. The molecule has 0 radical (unpaired) electrons. The predicted octanol–water partition coefficient (Wildman–Crippen LogP) is 4.47. The van der Waals surface area contributed by atoms with Crippen LogP contribution in [0.25, 0.3) is 11.0 Å². The highest BCUT2D eigenvalue weighted by molar-refractivity contribution is 7.89. The van der Waals surface area contributed by atoms with Crippen LogP contribution in [0.3, 0.4) is 0 Å². The second-order valence-electron chi connectivity index (χ2n) is 9.03. The van der Waals surface area contributed by atoms with E-state index in [1.807, 2.05) is 6.92 Å². The number of carbonyl (C=O) groups is 1. The normalized spacial score (nSPS) is 26.0. The summed E-state index contributed by atoms with van der Waals surface area (Å²) in [6, 6.07) is 5.05. The van der Waals surface area contributed by atoms with Crippen molar-refractivity contribution < 1.29 is 17.6 Å². The lowest BCUT2D eigenvalue weighted by molar-refractivity contribution is 0.0864. The summed E-state index contributed by atoms with van der Waals surface area (Å²) < 4.78 is 33.5. The summed E-state index contributed by atoms with van der Waals surface area (Å²) >= 11 is 0. The Morgan fingerprint density at radius 2 is 1.83 bits per heavy atom. The molecule has 1 saturated carbocycles. The molecular weight excluding hydrogens is 400 g/mol. The van der Waals surface area contributed by atoms with E-state index in [1.54, 1.807) is 22.5 Å². The van der Waals surface area contributed by atoms with Gasteiger partial charge in [-0.25, -0.2) is 8.42 Å². The van der Waals surface area contributed by atoms with Gasteiger partial charge in [-0.2, -0.15) is 4.31 Å². The molecule has 7 heteroatoms. The first-order valence-corrected chi connectivity index (χ1v) is 12.6. The van der Waals surface area contributed by atoms with Crippen LogP contribution in [-0.4, -0.2) is 37.8 Å². The molecule has 6 nitrogen and oxygen atoms in total. The molecule has 164 valence electrons. The van der Waals surface area contributed by atoms with Crippen LogP contribution in [0.2, 0.25) is 0 Å². The maximum atomic E-state index is 13.0. The molecule has 1 aromatic carbocycles. The number of amides is 1. The highest BCUT2D eigenvalue weighted by atomic mass is 32.2. The van der Waals surface area contributed by atoms with Crippen molar-refractivity contribution in [1.82, 2.24) is 9.62 Å². The standard InChI is InChI=1S/C23H32N2O4S/c1-15-8-7-9-20(16(15)2)24-23(26)22-17(3)19-14-18(10-11-21(19)29-22)30(27,28)25-12-5-4-6-13-25/h10-11,14-16,20H,4-9,12-13H2,1-3H3,(H,24,26)/t15-,16-,20-/m1/s1. The van der Waals surface area contributed by atoms with Gasteiger partial charge in [0.1, 0.15) is 5.58 Å². The van der Waals surface area contributed by atoms with Gasteiger partial charge in [0.15, 0.2) is 5.76 Å². The first-order chi connectivity index (χ1) is 14.3. The van der Waals surface area contributed by atoms with Gasteiger partial charge >= 0.3 is 0 Å². The van der Waals surface area contributed by atoms with Crippen molar-refractivity contribution >= 4 is 26.9 Å². The van der Waals surface area contributed by atoms with Crippen molar-refractivity contribution in [3.8, 4) is 0 Å². The summed E-state index contributed by atoms with van der Waals surface area (Å²) in [5.74, 6) is 1.08. The number of benzene rings is 1. The van der Waals surface area contributed by atoms with E-state index in [-0.39, 0.29) is 22.6 Å². The summed E-state index contributed by atoms with van der Waals surface area (Å²) in [5, 5.41) is 3.84. The Kier molecular flexibility index (Phi) is 5.95. The number of nitrogens with one attached hydrogen (secondary N) is 1. The first kappa shape index (κ1) is 21.4. The number of furan rings is 1. The SMILES string of the molecule is Cc1c(C(=O)N[C@@H]2CCC[C@@H](C)[C@H]2C)oc2ccc(S(=O)(=O)N3CCCCC3)cc12. The first-order valence-electron chi connectivity index (χ1n) is 11.1. The van der Waals surface area contributed by atoms with Crippen molar-refractivity contribution in [2.75, 3.05) is 13.1 Å². The predicted molar refractivity (Wildman–Crippen MR) is 117 cm³/mol. The number of sulfonamides is 1. The van der Waals surface area contributed by atoms with Gasteiger partial charge in [-0.1, -0.05) is 33.1 Å². The lowest BCUT2D eigenvalue weighted by atomic mass is 9.78. The van der Waals surface area contributed by atoms with Gasteiger partial charge in [-0.3, -0.25) is 4.79 Å². The maximum Gasteiger partial charge on any atom is 0.287 e.